The summed E-state index contributed by atoms with van der Waals surface area (Å²) in [5.74, 6) is 3.25. The van der Waals surface area contributed by atoms with Crippen LogP contribution in [-0.2, 0) is 10.5 Å². The van der Waals surface area contributed by atoms with E-state index in [1.54, 1.807) is 18.2 Å². The summed E-state index contributed by atoms with van der Waals surface area (Å²) in [6, 6.07) is 4.77. The molecule has 1 aliphatic carbocycles. The Kier molecular flexibility index (Phi) is 4.78. The third-order valence-corrected chi connectivity index (χ3v) is 8.61. The molecule has 1 saturated heterocycles. The Morgan fingerprint density at radius 1 is 1.28 bits per heavy atom. The van der Waals surface area contributed by atoms with Crippen molar-refractivity contribution in [3.63, 3.8) is 0 Å². The number of rotatable bonds is 2. The summed E-state index contributed by atoms with van der Waals surface area (Å²) >= 11 is 15.9. The van der Waals surface area contributed by atoms with Gasteiger partial charge in [-0.25, -0.2) is 4.79 Å². The number of hydrogen-bond acceptors (Lipinski definition) is 5. The molecule has 2 aromatic rings. The number of hydrogen-bond donors (Lipinski definition) is 0. The van der Waals surface area contributed by atoms with Gasteiger partial charge in [0.2, 0.25) is 5.76 Å². The molecular weight excluding hydrogens is 399 g/mol. The number of benzene rings is 1. The maximum atomic E-state index is 12.7. The number of aryl methyl sites for hydroxylation is 1. The molecule has 0 unspecified atom stereocenters. The maximum Gasteiger partial charge on any atom is 0.379 e. The average Bonchev–Trinajstić information content (AvgIpc) is 3.16. The molecule has 132 valence electrons. The molecule has 7 heteroatoms. The van der Waals surface area contributed by atoms with Gasteiger partial charge in [-0.3, -0.25) is 0 Å². The van der Waals surface area contributed by atoms with Crippen LogP contribution in [0.2, 0.25) is 10.0 Å². The van der Waals surface area contributed by atoms with Crippen molar-refractivity contribution >= 4 is 52.7 Å². The summed E-state index contributed by atoms with van der Waals surface area (Å²) in [6.45, 7) is 1.95. The molecule has 1 aliphatic heterocycles. The van der Waals surface area contributed by atoms with Crippen LogP contribution in [0.1, 0.15) is 40.3 Å². The fourth-order valence-corrected chi connectivity index (χ4v) is 7.50. The van der Waals surface area contributed by atoms with E-state index < -0.39 is 5.97 Å². The van der Waals surface area contributed by atoms with E-state index in [1.165, 1.54) is 5.56 Å². The lowest BCUT2D eigenvalue weighted by Gasteiger charge is -2.31. The summed E-state index contributed by atoms with van der Waals surface area (Å²) in [5, 5.41) is 0.792. The van der Waals surface area contributed by atoms with E-state index in [0.29, 0.717) is 10.0 Å². The first-order valence-corrected chi connectivity index (χ1v) is 10.8. The Labute approximate surface area is 164 Å². The Morgan fingerprint density at radius 3 is 2.76 bits per heavy atom. The van der Waals surface area contributed by atoms with Gasteiger partial charge in [0.1, 0.15) is 11.5 Å². The van der Waals surface area contributed by atoms with Crippen molar-refractivity contribution in [3.05, 3.63) is 50.9 Å². The van der Waals surface area contributed by atoms with E-state index >= 15 is 0 Å². The molecule has 4 rings (SSSR count). The number of carbonyl (C=O) groups is 1. The van der Waals surface area contributed by atoms with E-state index in [-0.39, 0.29) is 15.6 Å². The first-order chi connectivity index (χ1) is 12.0. The van der Waals surface area contributed by atoms with E-state index in [2.05, 4.69) is 0 Å². The van der Waals surface area contributed by atoms with Gasteiger partial charge in [0.15, 0.2) is 0 Å². The second-order valence-corrected chi connectivity index (χ2v) is 10.0. The van der Waals surface area contributed by atoms with Crippen LogP contribution >= 0.6 is 46.7 Å². The zero-order valence-electron chi connectivity index (χ0n) is 13.6. The fraction of sp³-hybridized carbons (Fsp3) is 0.389. The Morgan fingerprint density at radius 2 is 2.04 bits per heavy atom. The summed E-state index contributed by atoms with van der Waals surface area (Å²) < 4.78 is 11.4. The molecule has 3 nitrogen and oxygen atoms in total. The van der Waals surface area contributed by atoms with Crippen LogP contribution in [0.3, 0.4) is 0 Å². The fourth-order valence-electron chi connectivity index (χ4n) is 3.50. The van der Waals surface area contributed by atoms with Crippen LogP contribution in [0.4, 0.5) is 0 Å². The van der Waals surface area contributed by atoms with Crippen LogP contribution in [0.5, 0.6) is 5.75 Å². The van der Waals surface area contributed by atoms with Crippen LogP contribution in [0.15, 0.2) is 22.6 Å². The van der Waals surface area contributed by atoms with Crippen LogP contribution in [-0.4, -0.2) is 17.5 Å². The molecule has 1 aromatic heterocycles. The van der Waals surface area contributed by atoms with E-state index in [1.807, 2.05) is 30.4 Å². The van der Waals surface area contributed by atoms with Gasteiger partial charge < -0.3 is 9.15 Å². The minimum Gasteiger partial charge on any atom is -0.453 e. The van der Waals surface area contributed by atoms with Gasteiger partial charge in [-0.2, -0.15) is 0 Å². The van der Waals surface area contributed by atoms with E-state index in [0.717, 1.165) is 42.1 Å². The van der Waals surface area contributed by atoms with Crippen LogP contribution in [0.25, 0.3) is 0 Å². The largest absolute Gasteiger partial charge is 0.453 e. The molecule has 1 fully saturated rings. The first-order valence-electron chi connectivity index (χ1n) is 8.08. The molecule has 1 aromatic carbocycles. The number of thioether (sulfide) groups is 2. The highest BCUT2D eigenvalue weighted by molar-refractivity contribution is 8.20. The molecule has 2 heterocycles. The van der Waals surface area contributed by atoms with Crippen molar-refractivity contribution in [3.8, 4) is 5.75 Å². The number of halogens is 2. The van der Waals surface area contributed by atoms with Gasteiger partial charge in [-0.1, -0.05) is 23.2 Å². The molecule has 0 bridgehead atoms. The maximum absolute atomic E-state index is 12.7. The molecule has 0 amide bonds. The van der Waals surface area contributed by atoms with Crippen molar-refractivity contribution in [2.24, 2.45) is 0 Å². The number of carbonyl (C=O) groups excluding carboxylic acids is 1. The van der Waals surface area contributed by atoms with Crippen molar-refractivity contribution in [2.75, 3.05) is 11.5 Å². The first kappa shape index (κ1) is 17.7. The minimum absolute atomic E-state index is 0.0393. The van der Waals surface area contributed by atoms with Crippen LogP contribution < -0.4 is 4.74 Å². The molecule has 0 N–H and O–H groups in total. The van der Waals surface area contributed by atoms with Gasteiger partial charge in [-0.15, -0.1) is 23.5 Å². The Hall–Kier alpha value is -0.750. The molecule has 0 saturated carbocycles. The van der Waals surface area contributed by atoms with Crippen molar-refractivity contribution in [1.29, 1.82) is 0 Å². The van der Waals surface area contributed by atoms with Gasteiger partial charge >= 0.3 is 5.97 Å². The summed E-state index contributed by atoms with van der Waals surface area (Å²) in [5.41, 5.74) is 2.09. The molecule has 0 atom stereocenters. The van der Waals surface area contributed by atoms with Gasteiger partial charge in [-0.05, 0) is 38.0 Å². The molecular formula is C18H16Cl2O3S2. The predicted octanol–water partition coefficient (Wildman–Crippen LogP) is 6.08. The normalized spacial score (nSPS) is 18.4. The smallest absolute Gasteiger partial charge is 0.379 e. The number of furan rings is 1. The van der Waals surface area contributed by atoms with Crippen molar-refractivity contribution < 1.29 is 13.9 Å². The highest BCUT2D eigenvalue weighted by atomic mass is 35.5. The SMILES string of the molecule is Cc1c(C(=O)Oc2ccc(Cl)cc2Cl)oc2c1C1(CCC2)SCCS1. The zero-order chi connectivity index (χ0) is 17.6. The van der Waals surface area contributed by atoms with Gasteiger partial charge in [0.25, 0.3) is 0 Å². The lowest BCUT2D eigenvalue weighted by molar-refractivity contribution is 0.0698. The highest BCUT2D eigenvalue weighted by Crippen LogP contribution is 2.59. The van der Waals surface area contributed by atoms with E-state index in [9.17, 15) is 4.79 Å². The monoisotopic (exact) mass is 414 g/mol. The van der Waals surface area contributed by atoms with E-state index in [4.69, 9.17) is 32.4 Å². The van der Waals surface area contributed by atoms with Crippen molar-refractivity contribution in [2.45, 2.75) is 30.3 Å². The van der Waals surface area contributed by atoms with Crippen molar-refractivity contribution in [1.82, 2.24) is 0 Å². The molecule has 25 heavy (non-hydrogen) atoms. The second kappa shape index (κ2) is 6.76. The third-order valence-electron chi connectivity index (χ3n) is 4.55. The minimum atomic E-state index is -0.515. The topological polar surface area (TPSA) is 39.4 Å². The zero-order valence-corrected chi connectivity index (χ0v) is 16.7. The predicted molar refractivity (Wildman–Crippen MR) is 104 cm³/mol. The average molecular weight is 415 g/mol. The van der Waals surface area contributed by atoms with Gasteiger partial charge in [0, 0.05) is 34.1 Å². The molecule has 1 spiro atoms. The Bertz CT molecular complexity index is 841. The van der Waals surface area contributed by atoms with Crippen LogP contribution in [0, 0.1) is 6.92 Å². The lowest BCUT2D eigenvalue weighted by Crippen LogP contribution is -2.21. The summed E-state index contributed by atoms with van der Waals surface area (Å²) in [4.78, 5) is 12.7. The summed E-state index contributed by atoms with van der Waals surface area (Å²) in [6.07, 6.45) is 3.07. The number of ether oxygens (including phenoxy) is 1. The Balaban J connectivity index is 1.67. The molecule has 2 aliphatic rings. The number of fused-ring (bicyclic) bond motifs is 2. The third kappa shape index (κ3) is 3.09. The second-order valence-electron chi connectivity index (χ2n) is 6.12. The summed E-state index contributed by atoms with van der Waals surface area (Å²) in [7, 11) is 0. The quantitative estimate of drug-likeness (QED) is 0.439. The molecule has 0 radical (unpaired) electrons. The lowest BCUT2D eigenvalue weighted by atomic mass is 9.94. The highest BCUT2D eigenvalue weighted by Gasteiger charge is 2.45. The number of esters is 1. The van der Waals surface area contributed by atoms with Gasteiger partial charge in [0.05, 0.1) is 9.10 Å². The standard InChI is InChI=1S/C18H16Cl2O3S2/c1-10-15-14(3-2-6-18(15)24-7-8-25-18)22-16(10)17(21)23-13-5-4-11(19)9-12(13)20/h4-5,9H,2-3,6-8H2,1H3.